The van der Waals surface area contributed by atoms with Crippen molar-refractivity contribution in [3.8, 4) is 11.4 Å². The molecule has 0 N–H and O–H groups in total. The summed E-state index contributed by atoms with van der Waals surface area (Å²) in [5.41, 5.74) is 14.5. The van der Waals surface area contributed by atoms with Gasteiger partial charge in [-0.1, -0.05) is 140 Å². The van der Waals surface area contributed by atoms with E-state index in [1.807, 2.05) is 6.08 Å². The zero-order valence-electron chi connectivity index (χ0n) is 35.2. The summed E-state index contributed by atoms with van der Waals surface area (Å²) in [6, 6.07) is 82.1. The fourth-order valence-corrected chi connectivity index (χ4v) is 9.17. The van der Waals surface area contributed by atoms with E-state index in [9.17, 15) is 0 Å². The van der Waals surface area contributed by atoms with E-state index < -0.39 is 0 Å². The van der Waals surface area contributed by atoms with Crippen LogP contribution in [-0.2, 0) is 0 Å². The van der Waals surface area contributed by atoms with Crippen LogP contribution < -0.4 is 9.80 Å². The van der Waals surface area contributed by atoms with E-state index in [1.54, 1.807) is 0 Å². The Bertz CT molecular complexity index is 3490. The van der Waals surface area contributed by atoms with Crippen molar-refractivity contribution in [1.29, 1.82) is 0 Å². The second-order valence-electron chi connectivity index (χ2n) is 15.9. The normalized spacial score (nSPS) is 11.8. The van der Waals surface area contributed by atoms with Crippen molar-refractivity contribution in [2.45, 2.75) is 0 Å². The van der Waals surface area contributed by atoms with Crippen molar-refractivity contribution in [1.82, 2.24) is 9.13 Å². The first-order valence-corrected chi connectivity index (χ1v) is 21.7. The van der Waals surface area contributed by atoms with Gasteiger partial charge in [0.2, 0.25) is 0 Å². The quantitative estimate of drug-likeness (QED) is 0.121. The maximum Gasteiger partial charge on any atom is 0.0542 e. The Morgan fingerprint density at radius 2 is 0.797 bits per heavy atom. The average molecular weight is 821 g/mol. The van der Waals surface area contributed by atoms with Gasteiger partial charge in [0.25, 0.3) is 0 Å². The van der Waals surface area contributed by atoms with Crippen LogP contribution in [0.2, 0.25) is 0 Å². The van der Waals surface area contributed by atoms with Crippen molar-refractivity contribution in [2.24, 2.45) is 0 Å². The zero-order chi connectivity index (χ0) is 42.8. The summed E-state index contributed by atoms with van der Waals surface area (Å²) >= 11 is 0. The number of benzene rings is 9. The number of para-hydroxylation sites is 6. The third-order valence-electron chi connectivity index (χ3n) is 12.1. The lowest BCUT2D eigenvalue weighted by Gasteiger charge is -2.26. The van der Waals surface area contributed by atoms with Gasteiger partial charge in [-0.2, -0.15) is 0 Å². The first-order chi connectivity index (χ1) is 31.7. The summed E-state index contributed by atoms with van der Waals surface area (Å²) in [4.78, 5) is 4.58. The Morgan fingerprint density at radius 3 is 1.34 bits per heavy atom. The molecule has 304 valence electrons. The number of hydrogen-bond donors (Lipinski definition) is 0. The number of nitrogens with zero attached hydrogens (tertiary/aromatic N) is 4. The zero-order valence-corrected chi connectivity index (χ0v) is 35.2. The van der Waals surface area contributed by atoms with Gasteiger partial charge in [0.15, 0.2) is 0 Å². The highest BCUT2D eigenvalue weighted by atomic mass is 15.1. The average Bonchev–Trinajstić information content (AvgIpc) is 3.88. The van der Waals surface area contributed by atoms with Crippen LogP contribution in [0.4, 0.5) is 28.4 Å². The molecule has 64 heavy (non-hydrogen) atoms. The molecule has 4 nitrogen and oxygen atoms in total. The van der Waals surface area contributed by atoms with Crippen LogP contribution >= 0.6 is 0 Å². The van der Waals surface area contributed by atoms with Gasteiger partial charge >= 0.3 is 0 Å². The molecule has 9 aromatic carbocycles. The molecule has 0 saturated heterocycles. The van der Waals surface area contributed by atoms with E-state index in [4.69, 9.17) is 0 Å². The second kappa shape index (κ2) is 16.7. The van der Waals surface area contributed by atoms with Crippen LogP contribution in [0.15, 0.2) is 262 Å². The molecule has 0 unspecified atom stereocenters. The Labute approximate surface area is 373 Å². The summed E-state index contributed by atoms with van der Waals surface area (Å²) in [6.45, 7) is 4.24. The predicted octanol–water partition coefficient (Wildman–Crippen LogP) is 16.3. The number of anilines is 5. The fraction of sp³-hybridized carbons (Fsp3) is 0. The fourth-order valence-electron chi connectivity index (χ4n) is 9.17. The van der Waals surface area contributed by atoms with Crippen LogP contribution in [-0.4, -0.2) is 9.13 Å². The molecule has 0 aliphatic rings. The lowest BCUT2D eigenvalue weighted by atomic mass is 10.0. The van der Waals surface area contributed by atoms with Crippen molar-refractivity contribution >= 4 is 77.6 Å². The molecule has 0 amide bonds. The molecule has 0 saturated carbocycles. The molecule has 0 bridgehead atoms. The monoisotopic (exact) mass is 820 g/mol. The lowest BCUT2D eigenvalue weighted by molar-refractivity contribution is 1.18. The van der Waals surface area contributed by atoms with E-state index in [0.717, 1.165) is 50.9 Å². The molecule has 11 rings (SSSR count). The van der Waals surface area contributed by atoms with Gasteiger partial charge in [-0.3, -0.25) is 0 Å². The van der Waals surface area contributed by atoms with Crippen molar-refractivity contribution in [3.63, 3.8) is 0 Å². The molecule has 0 fully saturated rings. The van der Waals surface area contributed by atoms with Crippen LogP contribution in [0.25, 0.3) is 60.6 Å². The molecule has 0 aliphatic carbocycles. The third-order valence-corrected chi connectivity index (χ3v) is 12.1. The van der Waals surface area contributed by atoms with E-state index in [-0.39, 0.29) is 0 Å². The largest absolute Gasteiger partial charge is 0.317 e. The molecule has 2 heterocycles. The lowest BCUT2D eigenvalue weighted by Crippen LogP contribution is -2.09. The van der Waals surface area contributed by atoms with E-state index in [0.29, 0.717) is 0 Å². The minimum absolute atomic E-state index is 1.03. The van der Waals surface area contributed by atoms with Gasteiger partial charge in [0, 0.05) is 67.6 Å². The van der Waals surface area contributed by atoms with Gasteiger partial charge in [-0.05, 0) is 126 Å². The molecule has 0 aliphatic heterocycles. The molecule has 0 atom stereocenters. The number of rotatable bonds is 11. The first-order valence-electron chi connectivity index (χ1n) is 21.7. The highest BCUT2D eigenvalue weighted by Gasteiger charge is 2.18. The number of fused-ring (bicyclic) bond motifs is 6. The van der Waals surface area contributed by atoms with E-state index in [1.165, 1.54) is 43.6 Å². The van der Waals surface area contributed by atoms with Crippen LogP contribution in [0.5, 0.6) is 0 Å². The Morgan fingerprint density at radius 1 is 0.375 bits per heavy atom. The van der Waals surface area contributed by atoms with Crippen LogP contribution in [0, 0.1) is 0 Å². The number of allylic oxidation sites excluding steroid dienone is 4. The summed E-state index contributed by atoms with van der Waals surface area (Å²) in [7, 11) is 0. The van der Waals surface area contributed by atoms with Gasteiger partial charge < -0.3 is 18.9 Å². The minimum atomic E-state index is 1.03. The van der Waals surface area contributed by atoms with E-state index in [2.05, 4.69) is 274 Å². The van der Waals surface area contributed by atoms with Gasteiger partial charge in [0.05, 0.1) is 22.1 Å². The Kier molecular flexibility index (Phi) is 10.00. The first kappa shape index (κ1) is 38.3. The third kappa shape index (κ3) is 6.94. The standard InChI is InChI=1S/C60H44N4/c1-2-44(20-19-41-61(46-21-7-3-8-22-46)51-37-39-59-55(42-51)53-29-15-17-31-57(53)63(59)48-25-11-5-12-26-48)45-33-35-50(36-34-45)62(47-23-9-4-10-24-47)52-38-40-60-56(43-52)54-30-16-18-32-58(54)64(60)49-27-13-6-14-28-49/h2-43H,1H2. The predicted molar refractivity (Wildman–Crippen MR) is 272 cm³/mol. The second-order valence-corrected chi connectivity index (χ2v) is 15.9. The van der Waals surface area contributed by atoms with Crippen molar-refractivity contribution < 1.29 is 0 Å². The number of aromatic nitrogens is 2. The molecule has 0 spiro atoms. The molecular formula is C60H44N4. The summed E-state index contributed by atoms with van der Waals surface area (Å²) in [6.07, 6.45) is 8.34. The highest BCUT2D eigenvalue weighted by molar-refractivity contribution is 6.11. The summed E-state index contributed by atoms with van der Waals surface area (Å²) < 4.78 is 4.71. The molecule has 2 aromatic heterocycles. The van der Waals surface area contributed by atoms with Crippen LogP contribution in [0.3, 0.4) is 0 Å². The van der Waals surface area contributed by atoms with Gasteiger partial charge in [0.1, 0.15) is 0 Å². The maximum atomic E-state index is 4.24. The van der Waals surface area contributed by atoms with Gasteiger partial charge in [-0.15, -0.1) is 0 Å². The SMILES string of the molecule is C=CC(=CC=CN(c1ccccc1)c1ccc2c(c1)c1ccccc1n2-c1ccccc1)c1ccc(N(c2ccccc2)c2ccc3c(c2)c2ccccc2n3-c2ccccc2)cc1. The van der Waals surface area contributed by atoms with E-state index >= 15 is 0 Å². The topological polar surface area (TPSA) is 16.3 Å². The van der Waals surface area contributed by atoms with Crippen molar-refractivity contribution in [3.05, 3.63) is 267 Å². The molecule has 4 heteroatoms. The highest BCUT2D eigenvalue weighted by Crippen LogP contribution is 2.41. The minimum Gasteiger partial charge on any atom is -0.317 e. The maximum absolute atomic E-state index is 4.24. The molecule has 11 aromatic rings. The molecule has 0 radical (unpaired) electrons. The van der Waals surface area contributed by atoms with Crippen LogP contribution in [0.1, 0.15) is 5.56 Å². The summed E-state index contributed by atoms with van der Waals surface area (Å²) in [5.74, 6) is 0. The number of hydrogen-bond acceptors (Lipinski definition) is 2. The van der Waals surface area contributed by atoms with Crippen molar-refractivity contribution in [2.75, 3.05) is 9.80 Å². The Hall–Kier alpha value is -8.60. The molecular weight excluding hydrogens is 777 g/mol. The van der Waals surface area contributed by atoms with Gasteiger partial charge in [-0.25, -0.2) is 0 Å². The summed E-state index contributed by atoms with van der Waals surface area (Å²) in [5, 5.41) is 4.86. The smallest absolute Gasteiger partial charge is 0.0542 e. The Balaban J connectivity index is 0.940.